The summed E-state index contributed by atoms with van der Waals surface area (Å²) >= 11 is 0. The fourth-order valence-corrected chi connectivity index (χ4v) is 4.50. The lowest BCUT2D eigenvalue weighted by Gasteiger charge is -2.38. The van der Waals surface area contributed by atoms with Gasteiger partial charge in [0.1, 0.15) is 0 Å². The molecule has 1 heterocycles. The van der Waals surface area contributed by atoms with E-state index in [4.69, 9.17) is 0 Å². The van der Waals surface area contributed by atoms with Gasteiger partial charge in [0.15, 0.2) is 0 Å². The van der Waals surface area contributed by atoms with E-state index in [9.17, 15) is 0 Å². The highest BCUT2D eigenvalue weighted by Gasteiger charge is 2.28. The zero-order chi connectivity index (χ0) is 19.2. The quantitative estimate of drug-likeness (QED) is 0.478. The molecule has 1 heteroatoms. The van der Waals surface area contributed by atoms with E-state index in [0.29, 0.717) is 6.04 Å². The predicted molar refractivity (Wildman–Crippen MR) is 119 cm³/mol. The Balaban J connectivity index is 1.57. The van der Waals surface area contributed by atoms with Crippen molar-refractivity contribution in [3.63, 3.8) is 0 Å². The highest BCUT2D eigenvalue weighted by atomic mass is 15.2. The van der Waals surface area contributed by atoms with Crippen LogP contribution in [-0.2, 0) is 6.42 Å². The van der Waals surface area contributed by atoms with Crippen molar-refractivity contribution >= 4 is 5.57 Å². The van der Waals surface area contributed by atoms with E-state index in [1.54, 1.807) is 0 Å². The number of nitrogens with zero attached hydrogens (tertiary/aromatic N) is 1. The molecule has 1 aliphatic heterocycles. The van der Waals surface area contributed by atoms with Crippen molar-refractivity contribution in [1.82, 2.24) is 4.90 Å². The van der Waals surface area contributed by atoms with Crippen molar-refractivity contribution in [2.45, 2.75) is 32.2 Å². The summed E-state index contributed by atoms with van der Waals surface area (Å²) < 4.78 is 0. The molecule has 0 aromatic heterocycles. The molecule has 0 N–H and O–H groups in total. The minimum Gasteiger partial charge on any atom is -0.292 e. The summed E-state index contributed by atoms with van der Waals surface area (Å²) in [5, 5.41) is 0. The lowest BCUT2D eigenvalue weighted by molar-refractivity contribution is 0.215. The Kier molecular flexibility index (Phi) is 6.04. The molecule has 3 aromatic rings. The van der Waals surface area contributed by atoms with Crippen LogP contribution in [0.25, 0.3) is 5.57 Å². The van der Waals surface area contributed by atoms with E-state index in [1.807, 2.05) is 0 Å². The molecule has 0 amide bonds. The van der Waals surface area contributed by atoms with Crippen LogP contribution in [0.15, 0.2) is 96.6 Å². The van der Waals surface area contributed by atoms with Crippen LogP contribution in [0.1, 0.15) is 42.5 Å². The minimum absolute atomic E-state index is 0.376. The van der Waals surface area contributed by atoms with Gasteiger partial charge in [-0.2, -0.15) is 0 Å². The first kappa shape index (κ1) is 18.7. The van der Waals surface area contributed by atoms with Gasteiger partial charge in [-0.3, -0.25) is 4.90 Å². The van der Waals surface area contributed by atoms with Crippen LogP contribution in [0.5, 0.6) is 0 Å². The summed E-state index contributed by atoms with van der Waals surface area (Å²) in [6.07, 6.45) is 3.47. The van der Waals surface area contributed by atoms with Gasteiger partial charge in [0.2, 0.25) is 0 Å². The lowest BCUT2D eigenvalue weighted by Crippen LogP contribution is -2.35. The van der Waals surface area contributed by atoms with Gasteiger partial charge >= 0.3 is 0 Å². The van der Waals surface area contributed by atoms with Gasteiger partial charge in [0.25, 0.3) is 0 Å². The number of benzene rings is 3. The zero-order valence-corrected chi connectivity index (χ0v) is 16.7. The normalized spacial score (nSPS) is 17.7. The summed E-state index contributed by atoms with van der Waals surface area (Å²) in [6, 6.07) is 33.2. The molecular weight excluding hydrogens is 338 g/mol. The van der Waals surface area contributed by atoms with Gasteiger partial charge < -0.3 is 0 Å². The van der Waals surface area contributed by atoms with Gasteiger partial charge in [-0.25, -0.2) is 0 Å². The number of rotatable bonds is 6. The average molecular weight is 368 g/mol. The molecule has 0 aliphatic carbocycles. The maximum atomic E-state index is 2.68. The Labute approximate surface area is 169 Å². The van der Waals surface area contributed by atoms with Crippen molar-refractivity contribution in [2.24, 2.45) is 0 Å². The predicted octanol–water partition coefficient (Wildman–Crippen LogP) is 6.54. The summed E-state index contributed by atoms with van der Waals surface area (Å²) in [5.41, 5.74) is 7.25. The fourth-order valence-electron chi connectivity index (χ4n) is 4.50. The molecule has 1 aliphatic rings. The van der Waals surface area contributed by atoms with Crippen LogP contribution in [0, 0.1) is 0 Å². The van der Waals surface area contributed by atoms with Gasteiger partial charge in [-0.05, 0) is 60.6 Å². The molecule has 28 heavy (non-hydrogen) atoms. The van der Waals surface area contributed by atoms with Gasteiger partial charge in [0, 0.05) is 6.54 Å². The monoisotopic (exact) mass is 367 g/mol. The molecule has 1 nitrogen and oxygen atoms in total. The van der Waals surface area contributed by atoms with Crippen molar-refractivity contribution in [3.05, 3.63) is 113 Å². The summed E-state index contributed by atoms with van der Waals surface area (Å²) in [4.78, 5) is 2.68. The summed E-state index contributed by atoms with van der Waals surface area (Å²) in [7, 11) is 0. The molecule has 0 bridgehead atoms. The van der Waals surface area contributed by atoms with Gasteiger partial charge in [-0.15, -0.1) is 0 Å². The fraction of sp³-hybridized carbons (Fsp3) is 0.259. The van der Waals surface area contributed by atoms with E-state index < -0.39 is 0 Å². The van der Waals surface area contributed by atoms with Crippen LogP contribution in [0.4, 0.5) is 0 Å². The highest BCUT2D eigenvalue weighted by Crippen LogP contribution is 2.39. The standard InChI is InChI=1S/C27H29N/c1-22-26(24-15-7-3-8-16-24)19-21-28(27(22)25-17-9-4-10-18-25)20-11-14-23-12-5-2-6-13-23/h2-10,12-13,15-18,27H,11,14,19-21H2,1H3. The van der Waals surface area contributed by atoms with E-state index in [2.05, 4.69) is 103 Å². The Morgan fingerprint density at radius 1 is 0.786 bits per heavy atom. The zero-order valence-electron chi connectivity index (χ0n) is 16.7. The molecule has 4 rings (SSSR count). The second-order valence-corrected chi connectivity index (χ2v) is 7.72. The SMILES string of the molecule is CC1=C(c2ccccc2)CCN(CCCc2ccccc2)C1c1ccccc1. The summed E-state index contributed by atoms with van der Waals surface area (Å²) in [6.45, 7) is 4.59. The molecule has 1 atom stereocenters. The molecule has 0 spiro atoms. The molecule has 0 fully saturated rings. The van der Waals surface area contributed by atoms with E-state index >= 15 is 0 Å². The summed E-state index contributed by atoms with van der Waals surface area (Å²) in [5.74, 6) is 0. The Morgan fingerprint density at radius 2 is 1.39 bits per heavy atom. The van der Waals surface area contributed by atoms with Crippen LogP contribution in [-0.4, -0.2) is 18.0 Å². The molecular formula is C27H29N. The lowest BCUT2D eigenvalue weighted by atomic mass is 9.85. The Bertz CT molecular complexity index is 897. The number of hydrogen-bond donors (Lipinski definition) is 0. The number of hydrogen-bond acceptors (Lipinski definition) is 1. The van der Waals surface area contributed by atoms with Crippen molar-refractivity contribution < 1.29 is 0 Å². The molecule has 142 valence electrons. The molecule has 0 saturated heterocycles. The number of aryl methyl sites for hydroxylation is 1. The molecule has 3 aromatic carbocycles. The van der Waals surface area contributed by atoms with Crippen LogP contribution in [0.2, 0.25) is 0 Å². The van der Waals surface area contributed by atoms with Crippen LogP contribution in [0.3, 0.4) is 0 Å². The Hall–Kier alpha value is -2.64. The van der Waals surface area contributed by atoms with E-state index in [0.717, 1.165) is 25.9 Å². The van der Waals surface area contributed by atoms with Crippen LogP contribution >= 0.6 is 0 Å². The third-order valence-corrected chi connectivity index (χ3v) is 5.89. The highest BCUT2D eigenvalue weighted by molar-refractivity contribution is 5.70. The second-order valence-electron chi connectivity index (χ2n) is 7.72. The maximum absolute atomic E-state index is 2.68. The molecule has 1 unspecified atom stereocenters. The second kappa shape index (κ2) is 9.03. The van der Waals surface area contributed by atoms with Gasteiger partial charge in [-0.1, -0.05) is 91.0 Å². The minimum atomic E-state index is 0.376. The first-order chi connectivity index (χ1) is 13.8. The molecule has 0 saturated carbocycles. The topological polar surface area (TPSA) is 3.24 Å². The largest absolute Gasteiger partial charge is 0.292 e. The smallest absolute Gasteiger partial charge is 0.0564 e. The first-order valence-corrected chi connectivity index (χ1v) is 10.4. The van der Waals surface area contributed by atoms with Crippen molar-refractivity contribution in [1.29, 1.82) is 0 Å². The molecule has 0 radical (unpaired) electrons. The van der Waals surface area contributed by atoms with Crippen molar-refractivity contribution in [3.8, 4) is 0 Å². The van der Waals surface area contributed by atoms with Crippen LogP contribution < -0.4 is 0 Å². The van der Waals surface area contributed by atoms with Gasteiger partial charge in [0.05, 0.1) is 6.04 Å². The van der Waals surface area contributed by atoms with E-state index in [1.165, 1.54) is 34.3 Å². The van der Waals surface area contributed by atoms with E-state index in [-0.39, 0.29) is 0 Å². The third kappa shape index (κ3) is 4.26. The maximum Gasteiger partial charge on any atom is 0.0564 e. The Morgan fingerprint density at radius 3 is 2.07 bits per heavy atom. The van der Waals surface area contributed by atoms with Crippen molar-refractivity contribution in [2.75, 3.05) is 13.1 Å². The third-order valence-electron chi connectivity index (χ3n) is 5.89. The average Bonchev–Trinajstić information content (AvgIpc) is 2.76. The first-order valence-electron chi connectivity index (χ1n) is 10.4.